The van der Waals surface area contributed by atoms with Gasteiger partial charge in [0.15, 0.2) is 0 Å². The van der Waals surface area contributed by atoms with Crippen molar-refractivity contribution in [1.29, 1.82) is 0 Å². The second kappa shape index (κ2) is 7.46. The van der Waals surface area contributed by atoms with Gasteiger partial charge in [-0.15, -0.1) is 0 Å². The molecule has 0 aliphatic heterocycles. The molecule has 0 aromatic heterocycles. The van der Waals surface area contributed by atoms with Crippen molar-refractivity contribution in [2.24, 2.45) is 0 Å². The average Bonchev–Trinajstić information content (AvgIpc) is 2.40. The molecule has 1 aliphatic carbocycles. The molecule has 0 spiro atoms. The molecule has 0 unspecified atom stereocenters. The van der Waals surface area contributed by atoms with Crippen molar-refractivity contribution >= 4 is 37.8 Å². The molecule has 5 heteroatoms. The van der Waals surface area contributed by atoms with Crippen LogP contribution in [0.25, 0.3) is 0 Å². The van der Waals surface area contributed by atoms with Gasteiger partial charge in [0, 0.05) is 23.5 Å². The maximum absolute atomic E-state index is 12.7. The highest BCUT2D eigenvalue weighted by atomic mass is 79.9. The normalized spacial score (nSPS) is 14.8. The smallest absolute Gasteiger partial charge is 0.254 e. The number of hydrogen-bond acceptors (Lipinski definition) is 2. The number of amides is 1. The molecule has 0 saturated heterocycles. The summed E-state index contributed by atoms with van der Waals surface area (Å²) in [5.74, 6) is 0.871. The highest BCUT2D eigenvalue weighted by Crippen LogP contribution is 2.29. The van der Waals surface area contributed by atoms with E-state index in [0.29, 0.717) is 6.04 Å². The van der Waals surface area contributed by atoms with Gasteiger partial charge in [0.1, 0.15) is 5.75 Å². The third-order valence-corrected chi connectivity index (χ3v) is 4.89. The Balaban J connectivity index is 2.15. The molecule has 0 radical (unpaired) electrons. The molecule has 110 valence electrons. The maximum Gasteiger partial charge on any atom is 0.254 e. The topological polar surface area (TPSA) is 29.5 Å². The number of carbonyl (C=O) groups is 1. The molecule has 1 saturated carbocycles. The highest BCUT2D eigenvalue weighted by molar-refractivity contribution is 9.10. The fraction of sp³-hybridized carbons (Fsp3) is 0.533. The van der Waals surface area contributed by atoms with Gasteiger partial charge in [-0.25, -0.2) is 0 Å². The lowest BCUT2D eigenvalue weighted by Crippen LogP contribution is -2.44. The Hall–Kier alpha value is -0.550. The molecule has 0 N–H and O–H groups in total. The quantitative estimate of drug-likeness (QED) is 0.663. The van der Waals surface area contributed by atoms with E-state index < -0.39 is 0 Å². The fourth-order valence-corrected chi connectivity index (χ4v) is 3.14. The number of ether oxygens (including phenoxy) is 1. The molecule has 20 heavy (non-hydrogen) atoms. The summed E-state index contributed by atoms with van der Waals surface area (Å²) < 4.78 is 6.03. The summed E-state index contributed by atoms with van der Waals surface area (Å²) >= 11 is 6.88. The molecule has 0 bridgehead atoms. The van der Waals surface area contributed by atoms with Gasteiger partial charge in [0.05, 0.1) is 11.6 Å². The van der Waals surface area contributed by atoms with E-state index in [2.05, 4.69) is 31.9 Å². The number of benzene rings is 1. The maximum atomic E-state index is 12.7. The van der Waals surface area contributed by atoms with Gasteiger partial charge in [-0.1, -0.05) is 15.9 Å². The predicted octanol–water partition coefficient (Wildman–Crippen LogP) is 4.24. The highest BCUT2D eigenvalue weighted by Gasteiger charge is 2.29. The van der Waals surface area contributed by atoms with Crippen LogP contribution in [0.4, 0.5) is 0 Å². The lowest BCUT2D eigenvalue weighted by molar-refractivity contribution is 0.0581. The van der Waals surface area contributed by atoms with E-state index in [0.717, 1.165) is 46.9 Å². The Labute approximate surface area is 136 Å². The molecule has 1 aromatic carbocycles. The lowest BCUT2D eigenvalue weighted by Gasteiger charge is -2.37. The summed E-state index contributed by atoms with van der Waals surface area (Å²) in [6.07, 6.45) is 4.48. The number of nitrogens with zero attached hydrogens (tertiary/aromatic N) is 1. The molecule has 3 nitrogen and oxygen atoms in total. The Morgan fingerprint density at radius 2 is 2.20 bits per heavy atom. The number of hydrogen-bond donors (Lipinski definition) is 0. The second-order valence-corrected chi connectivity index (χ2v) is 6.62. The van der Waals surface area contributed by atoms with E-state index >= 15 is 0 Å². The van der Waals surface area contributed by atoms with Crippen LogP contribution >= 0.6 is 31.9 Å². The van der Waals surface area contributed by atoms with Crippen molar-refractivity contribution in [3.8, 4) is 5.75 Å². The molecular formula is C15H19Br2NO2. The SMILES string of the molecule is COc1ccc(C(=O)N(CCCBr)C2CCC2)cc1Br. The summed E-state index contributed by atoms with van der Waals surface area (Å²) in [6, 6.07) is 5.94. The van der Waals surface area contributed by atoms with Gasteiger partial charge in [0.2, 0.25) is 0 Å². The van der Waals surface area contributed by atoms with Gasteiger partial charge in [-0.2, -0.15) is 0 Å². The van der Waals surface area contributed by atoms with Gasteiger partial charge >= 0.3 is 0 Å². The van der Waals surface area contributed by atoms with Crippen molar-refractivity contribution in [2.75, 3.05) is 19.0 Å². The van der Waals surface area contributed by atoms with Crippen LogP contribution in [-0.2, 0) is 0 Å². The van der Waals surface area contributed by atoms with Gasteiger partial charge < -0.3 is 9.64 Å². The molecule has 1 aromatic rings. The Kier molecular flexibility index (Phi) is 5.90. The summed E-state index contributed by atoms with van der Waals surface area (Å²) in [5, 5.41) is 0.926. The van der Waals surface area contributed by atoms with E-state index in [1.54, 1.807) is 7.11 Å². The van der Waals surface area contributed by atoms with E-state index in [1.807, 2.05) is 23.1 Å². The summed E-state index contributed by atoms with van der Waals surface area (Å²) in [4.78, 5) is 14.7. The third kappa shape index (κ3) is 3.55. The van der Waals surface area contributed by atoms with Crippen molar-refractivity contribution in [1.82, 2.24) is 4.90 Å². The molecule has 0 atom stereocenters. The summed E-state index contributed by atoms with van der Waals surface area (Å²) in [6.45, 7) is 0.818. The first-order chi connectivity index (χ1) is 9.67. The van der Waals surface area contributed by atoms with Crippen molar-refractivity contribution in [3.63, 3.8) is 0 Å². The van der Waals surface area contributed by atoms with Gasteiger partial charge in [0.25, 0.3) is 5.91 Å². The number of halogens is 2. The summed E-state index contributed by atoms with van der Waals surface area (Å²) in [5.41, 5.74) is 0.721. The van der Waals surface area contributed by atoms with Crippen molar-refractivity contribution in [2.45, 2.75) is 31.7 Å². The molecule has 1 aliphatic rings. The van der Waals surface area contributed by atoms with Gasteiger partial charge in [-0.3, -0.25) is 4.79 Å². The van der Waals surface area contributed by atoms with Crippen LogP contribution in [-0.4, -0.2) is 35.8 Å². The van der Waals surface area contributed by atoms with E-state index in [-0.39, 0.29) is 5.91 Å². The van der Waals surface area contributed by atoms with E-state index in [9.17, 15) is 4.79 Å². The molecule has 1 amide bonds. The van der Waals surface area contributed by atoms with Crippen molar-refractivity contribution in [3.05, 3.63) is 28.2 Å². The zero-order valence-corrected chi connectivity index (χ0v) is 14.7. The molecule has 1 fully saturated rings. The first-order valence-electron chi connectivity index (χ1n) is 6.88. The number of carbonyl (C=O) groups excluding carboxylic acids is 1. The van der Waals surface area contributed by atoms with Crippen LogP contribution in [0.5, 0.6) is 5.75 Å². The van der Waals surface area contributed by atoms with Crippen LogP contribution < -0.4 is 4.74 Å². The fourth-order valence-electron chi connectivity index (χ4n) is 2.34. The van der Waals surface area contributed by atoms with E-state index in [1.165, 1.54) is 6.42 Å². The van der Waals surface area contributed by atoms with Crippen LogP contribution in [0.3, 0.4) is 0 Å². The molecular weight excluding hydrogens is 386 g/mol. The average molecular weight is 405 g/mol. The summed E-state index contributed by atoms with van der Waals surface area (Å²) in [7, 11) is 1.62. The lowest BCUT2D eigenvalue weighted by atomic mass is 9.91. The van der Waals surface area contributed by atoms with Crippen molar-refractivity contribution < 1.29 is 9.53 Å². The number of alkyl halides is 1. The molecule has 2 rings (SSSR count). The van der Waals surface area contributed by atoms with Crippen LogP contribution in [0.1, 0.15) is 36.0 Å². The minimum absolute atomic E-state index is 0.124. The first kappa shape index (κ1) is 15.8. The Morgan fingerprint density at radius 3 is 2.70 bits per heavy atom. The standard InChI is InChI=1S/C15H19Br2NO2/c1-20-14-7-6-11(10-13(14)17)15(19)18(9-3-8-16)12-4-2-5-12/h6-7,10,12H,2-5,8-9H2,1H3. The number of rotatable bonds is 6. The third-order valence-electron chi connectivity index (χ3n) is 3.71. The van der Waals surface area contributed by atoms with Crippen LogP contribution in [0.2, 0.25) is 0 Å². The largest absolute Gasteiger partial charge is 0.496 e. The first-order valence-corrected chi connectivity index (χ1v) is 8.79. The zero-order chi connectivity index (χ0) is 14.5. The second-order valence-electron chi connectivity index (χ2n) is 4.98. The monoisotopic (exact) mass is 403 g/mol. The van der Waals surface area contributed by atoms with E-state index in [4.69, 9.17) is 4.74 Å². The van der Waals surface area contributed by atoms with Crippen LogP contribution in [0, 0.1) is 0 Å². The Bertz CT molecular complexity index is 475. The minimum atomic E-state index is 0.124. The number of methoxy groups -OCH3 is 1. The van der Waals surface area contributed by atoms with Crippen LogP contribution in [0.15, 0.2) is 22.7 Å². The predicted molar refractivity (Wildman–Crippen MR) is 87.8 cm³/mol. The zero-order valence-electron chi connectivity index (χ0n) is 11.6. The van der Waals surface area contributed by atoms with Gasteiger partial charge in [-0.05, 0) is 59.8 Å². The minimum Gasteiger partial charge on any atom is -0.496 e. The molecule has 0 heterocycles. The Morgan fingerprint density at radius 1 is 1.45 bits per heavy atom.